The van der Waals surface area contributed by atoms with Crippen LogP contribution in [0.15, 0.2) is 10.9 Å². The van der Waals surface area contributed by atoms with Crippen molar-refractivity contribution in [2.75, 3.05) is 0 Å². The van der Waals surface area contributed by atoms with Crippen LogP contribution in [0.1, 0.15) is 25.0 Å². The van der Waals surface area contributed by atoms with Gasteiger partial charge in [0.1, 0.15) is 0 Å². The van der Waals surface area contributed by atoms with Gasteiger partial charge in [-0.3, -0.25) is 4.79 Å². The number of nitrogens with two attached hydrogens (primary N) is 1. The predicted molar refractivity (Wildman–Crippen MR) is 59.3 cm³/mol. The molecule has 1 aliphatic carbocycles. The van der Waals surface area contributed by atoms with Crippen LogP contribution < -0.4 is 11.1 Å². The smallest absolute Gasteiger partial charge is 0.222 e. The van der Waals surface area contributed by atoms with Gasteiger partial charge in [0.25, 0.3) is 0 Å². The maximum absolute atomic E-state index is 11.1. The summed E-state index contributed by atoms with van der Waals surface area (Å²) in [5, 5.41) is 5.37. The third-order valence-corrected chi connectivity index (χ3v) is 3.55. The Kier molecular flexibility index (Phi) is 3.33. The van der Waals surface area contributed by atoms with Crippen LogP contribution in [0.3, 0.4) is 0 Å². The Labute approximate surface area is 92.9 Å². The summed E-state index contributed by atoms with van der Waals surface area (Å²) in [7, 11) is 0. The first-order valence-corrected chi connectivity index (χ1v) is 6.11. The van der Waals surface area contributed by atoms with Gasteiger partial charge >= 0.3 is 0 Å². The van der Waals surface area contributed by atoms with Gasteiger partial charge in [0.15, 0.2) is 0 Å². The van der Waals surface area contributed by atoms with E-state index in [1.54, 1.807) is 11.3 Å². The van der Waals surface area contributed by atoms with Gasteiger partial charge in [-0.25, -0.2) is 4.98 Å². The number of carbonyl (C=O) groups is 1. The van der Waals surface area contributed by atoms with E-state index in [-0.39, 0.29) is 17.9 Å². The standard InChI is InChI=1S/C10H15N3OS/c11-10(14)8-2-1-3-9(8)12-4-7-5-15-6-13-7/h5-6,8-9,12H,1-4H2,(H2,11,14). The van der Waals surface area contributed by atoms with Crippen LogP contribution >= 0.6 is 11.3 Å². The second-order valence-electron chi connectivity index (χ2n) is 3.91. The number of amides is 1. The summed E-state index contributed by atoms with van der Waals surface area (Å²) in [6, 6.07) is 0.240. The Morgan fingerprint density at radius 2 is 2.53 bits per heavy atom. The average Bonchev–Trinajstić information content (AvgIpc) is 2.86. The summed E-state index contributed by atoms with van der Waals surface area (Å²) in [5.41, 5.74) is 8.20. The molecule has 0 bridgehead atoms. The molecule has 0 spiro atoms. The number of thiazole rings is 1. The fourth-order valence-electron chi connectivity index (χ4n) is 2.11. The second-order valence-corrected chi connectivity index (χ2v) is 4.63. The predicted octanol–water partition coefficient (Wildman–Crippen LogP) is 0.887. The number of rotatable bonds is 4. The zero-order valence-corrected chi connectivity index (χ0v) is 9.30. The minimum Gasteiger partial charge on any atom is -0.369 e. The van der Waals surface area contributed by atoms with E-state index in [0.717, 1.165) is 31.5 Å². The summed E-state index contributed by atoms with van der Waals surface area (Å²) < 4.78 is 0. The van der Waals surface area contributed by atoms with Crippen LogP contribution in [0.5, 0.6) is 0 Å². The van der Waals surface area contributed by atoms with Gasteiger partial charge in [-0.2, -0.15) is 0 Å². The quantitative estimate of drug-likeness (QED) is 0.799. The molecule has 2 rings (SSSR count). The van der Waals surface area contributed by atoms with Gasteiger partial charge in [-0.1, -0.05) is 6.42 Å². The van der Waals surface area contributed by atoms with Crippen molar-refractivity contribution in [1.29, 1.82) is 0 Å². The van der Waals surface area contributed by atoms with Crippen LogP contribution in [-0.2, 0) is 11.3 Å². The van der Waals surface area contributed by atoms with Gasteiger partial charge in [0.2, 0.25) is 5.91 Å². The highest BCUT2D eigenvalue weighted by Gasteiger charge is 2.30. The largest absolute Gasteiger partial charge is 0.369 e. The molecule has 15 heavy (non-hydrogen) atoms. The number of primary amides is 1. The molecule has 4 nitrogen and oxygen atoms in total. The van der Waals surface area contributed by atoms with E-state index in [9.17, 15) is 4.79 Å². The lowest BCUT2D eigenvalue weighted by atomic mass is 10.0. The number of carbonyl (C=O) groups excluding carboxylic acids is 1. The summed E-state index contributed by atoms with van der Waals surface area (Å²) >= 11 is 1.59. The highest BCUT2D eigenvalue weighted by molar-refractivity contribution is 7.07. The number of nitrogens with zero attached hydrogens (tertiary/aromatic N) is 1. The highest BCUT2D eigenvalue weighted by Crippen LogP contribution is 2.25. The van der Waals surface area contributed by atoms with Crippen molar-refractivity contribution >= 4 is 17.2 Å². The van der Waals surface area contributed by atoms with E-state index in [1.165, 1.54) is 0 Å². The van der Waals surface area contributed by atoms with Crippen LogP contribution in [0.4, 0.5) is 0 Å². The molecule has 1 amide bonds. The highest BCUT2D eigenvalue weighted by atomic mass is 32.1. The van der Waals surface area contributed by atoms with Crippen molar-refractivity contribution in [2.24, 2.45) is 11.7 Å². The first-order valence-electron chi connectivity index (χ1n) is 5.17. The molecule has 0 aromatic carbocycles. The molecular formula is C10H15N3OS. The SMILES string of the molecule is NC(=O)C1CCCC1NCc1cscn1. The molecule has 2 atom stereocenters. The Morgan fingerprint density at radius 3 is 3.20 bits per heavy atom. The van der Waals surface area contributed by atoms with Gasteiger partial charge in [-0.05, 0) is 12.8 Å². The molecule has 5 heteroatoms. The van der Waals surface area contributed by atoms with E-state index in [4.69, 9.17) is 5.73 Å². The number of hydrogen-bond donors (Lipinski definition) is 2. The molecule has 1 aliphatic rings. The molecule has 1 aromatic rings. The first-order chi connectivity index (χ1) is 7.27. The van der Waals surface area contributed by atoms with Gasteiger partial charge in [0, 0.05) is 18.0 Å². The van der Waals surface area contributed by atoms with Crippen molar-refractivity contribution < 1.29 is 4.79 Å². The molecule has 0 saturated heterocycles. The topological polar surface area (TPSA) is 68.0 Å². The van der Waals surface area contributed by atoms with Crippen molar-refractivity contribution in [3.63, 3.8) is 0 Å². The van der Waals surface area contributed by atoms with Crippen LogP contribution in [0, 0.1) is 5.92 Å². The third-order valence-electron chi connectivity index (χ3n) is 2.91. The molecule has 2 unspecified atom stereocenters. The maximum Gasteiger partial charge on any atom is 0.222 e. The zero-order chi connectivity index (χ0) is 10.7. The lowest BCUT2D eigenvalue weighted by molar-refractivity contribution is -0.122. The van der Waals surface area contributed by atoms with Crippen molar-refractivity contribution in [1.82, 2.24) is 10.3 Å². The summed E-state index contributed by atoms with van der Waals surface area (Å²) in [6.07, 6.45) is 3.05. The Hall–Kier alpha value is -0.940. The Morgan fingerprint density at radius 1 is 1.67 bits per heavy atom. The van der Waals surface area contributed by atoms with Crippen LogP contribution in [0.2, 0.25) is 0 Å². The van der Waals surface area contributed by atoms with Gasteiger partial charge < -0.3 is 11.1 Å². The van der Waals surface area contributed by atoms with E-state index >= 15 is 0 Å². The molecular weight excluding hydrogens is 210 g/mol. The average molecular weight is 225 g/mol. The van der Waals surface area contributed by atoms with E-state index in [0.29, 0.717) is 0 Å². The number of aromatic nitrogens is 1. The van der Waals surface area contributed by atoms with Crippen LogP contribution in [-0.4, -0.2) is 16.9 Å². The Balaban J connectivity index is 1.86. The monoisotopic (exact) mass is 225 g/mol. The number of hydrogen-bond acceptors (Lipinski definition) is 4. The minimum absolute atomic E-state index is 0.00337. The molecule has 1 aromatic heterocycles. The molecule has 1 heterocycles. The fraction of sp³-hybridized carbons (Fsp3) is 0.600. The molecule has 0 aliphatic heterocycles. The summed E-state index contributed by atoms with van der Waals surface area (Å²) in [5.74, 6) is -0.174. The van der Waals surface area contributed by atoms with Gasteiger partial charge in [0.05, 0.1) is 17.1 Å². The summed E-state index contributed by atoms with van der Waals surface area (Å²) in [6.45, 7) is 0.734. The van der Waals surface area contributed by atoms with Crippen molar-refractivity contribution in [3.8, 4) is 0 Å². The zero-order valence-electron chi connectivity index (χ0n) is 8.48. The first kappa shape index (κ1) is 10.6. The normalized spacial score (nSPS) is 25.6. The van der Waals surface area contributed by atoms with E-state index < -0.39 is 0 Å². The Bertz CT molecular complexity index is 325. The van der Waals surface area contributed by atoms with E-state index in [2.05, 4.69) is 10.3 Å². The number of nitrogens with one attached hydrogen (secondary N) is 1. The lowest BCUT2D eigenvalue weighted by Crippen LogP contribution is -2.38. The van der Waals surface area contributed by atoms with Gasteiger partial charge in [-0.15, -0.1) is 11.3 Å². The second kappa shape index (κ2) is 4.72. The molecule has 3 N–H and O–H groups in total. The van der Waals surface area contributed by atoms with Crippen molar-refractivity contribution in [2.45, 2.75) is 31.8 Å². The van der Waals surface area contributed by atoms with Crippen LogP contribution in [0.25, 0.3) is 0 Å². The third kappa shape index (κ3) is 2.54. The fourth-order valence-corrected chi connectivity index (χ4v) is 2.66. The maximum atomic E-state index is 11.1. The molecule has 0 radical (unpaired) electrons. The molecule has 82 valence electrons. The van der Waals surface area contributed by atoms with Crippen molar-refractivity contribution in [3.05, 3.63) is 16.6 Å². The lowest BCUT2D eigenvalue weighted by Gasteiger charge is -2.17. The molecule has 1 fully saturated rings. The van der Waals surface area contributed by atoms with E-state index in [1.807, 2.05) is 10.9 Å². The summed E-state index contributed by atoms with van der Waals surface area (Å²) in [4.78, 5) is 15.3. The molecule has 1 saturated carbocycles. The minimum atomic E-state index is -0.178.